The molecule has 8 heteroatoms. The zero-order chi connectivity index (χ0) is 26.6. The van der Waals surface area contributed by atoms with Crippen molar-refractivity contribution in [3.05, 3.63) is 118 Å². The van der Waals surface area contributed by atoms with Gasteiger partial charge in [0.15, 0.2) is 5.17 Å². The summed E-state index contributed by atoms with van der Waals surface area (Å²) in [4.78, 5) is 31.8. The van der Waals surface area contributed by atoms with Crippen LogP contribution in [0.2, 0.25) is 0 Å². The third-order valence-corrected chi connectivity index (χ3v) is 7.13. The lowest BCUT2D eigenvalue weighted by Crippen LogP contribution is -2.28. The first-order valence-corrected chi connectivity index (χ1v) is 12.7. The number of aryl methyl sites for hydroxylation is 1. The molecule has 0 spiro atoms. The first kappa shape index (κ1) is 25.1. The third-order valence-electron chi connectivity index (χ3n) is 6.13. The van der Waals surface area contributed by atoms with Crippen molar-refractivity contribution >= 4 is 40.6 Å². The van der Waals surface area contributed by atoms with Crippen LogP contribution >= 0.6 is 11.8 Å². The Bertz CT molecular complexity index is 1540. The summed E-state index contributed by atoms with van der Waals surface area (Å²) in [6.45, 7) is 2.29. The van der Waals surface area contributed by atoms with Gasteiger partial charge in [-0.05, 0) is 91.0 Å². The highest BCUT2D eigenvalue weighted by Gasteiger charge is 2.34. The van der Waals surface area contributed by atoms with E-state index in [2.05, 4.69) is 4.57 Å². The molecule has 190 valence electrons. The molecule has 1 amide bonds. The highest BCUT2D eigenvalue weighted by Crippen LogP contribution is 2.36. The predicted molar refractivity (Wildman–Crippen MR) is 150 cm³/mol. The SMILES string of the molecule is COc1ccc(-n2c(C)ccc2/C=C2\SC(=Nc3ccccc3)N(Cc3ccc(C(=O)O)cc3)C2=O)cc1. The Balaban J connectivity index is 1.51. The minimum Gasteiger partial charge on any atom is -0.497 e. The average Bonchev–Trinajstić information content (AvgIpc) is 3.44. The molecule has 1 fully saturated rings. The number of hydrogen-bond acceptors (Lipinski definition) is 5. The molecule has 1 aromatic heterocycles. The summed E-state index contributed by atoms with van der Waals surface area (Å²) in [6.07, 6.45) is 1.89. The molecule has 0 atom stereocenters. The summed E-state index contributed by atoms with van der Waals surface area (Å²) in [6, 6.07) is 27.8. The number of carboxylic acid groups (broad SMARTS) is 1. The highest BCUT2D eigenvalue weighted by atomic mass is 32.2. The maximum Gasteiger partial charge on any atom is 0.335 e. The highest BCUT2D eigenvalue weighted by molar-refractivity contribution is 8.18. The Morgan fingerprint density at radius 1 is 0.974 bits per heavy atom. The molecule has 0 aliphatic carbocycles. The van der Waals surface area contributed by atoms with Crippen molar-refractivity contribution < 1.29 is 19.4 Å². The molecule has 5 rings (SSSR count). The van der Waals surface area contributed by atoms with Gasteiger partial charge in [0.25, 0.3) is 5.91 Å². The standard InChI is InChI=1S/C30H25N3O4S/c1-20-8-13-25(33(20)24-14-16-26(37-2)17-15-24)18-27-28(34)32(19-21-9-11-22(12-10-21)29(35)36)30(38-27)31-23-6-4-3-5-7-23/h3-18H,19H2,1-2H3,(H,35,36)/b27-18-,31-30?. The van der Waals surface area contributed by atoms with Crippen LogP contribution in [0, 0.1) is 6.92 Å². The van der Waals surface area contributed by atoms with Crippen LogP contribution in [0.4, 0.5) is 5.69 Å². The lowest BCUT2D eigenvalue weighted by Gasteiger charge is -2.16. The average molecular weight is 524 g/mol. The Morgan fingerprint density at radius 2 is 1.68 bits per heavy atom. The van der Waals surface area contributed by atoms with Crippen LogP contribution in [0.25, 0.3) is 11.8 Å². The lowest BCUT2D eigenvalue weighted by molar-refractivity contribution is -0.122. The summed E-state index contributed by atoms with van der Waals surface area (Å²) in [5, 5.41) is 9.78. The fourth-order valence-corrected chi connectivity index (χ4v) is 5.15. The van der Waals surface area contributed by atoms with Gasteiger partial charge in [-0.3, -0.25) is 9.69 Å². The summed E-state index contributed by atoms with van der Waals surface area (Å²) in [5.41, 5.74) is 4.62. The first-order valence-electron chi connectivity index (χ1n) is 11.9. The number of amidine groups is 1. The molecule has 3 aromatic carbocycles. The number of aliphatic imine (C=N–C) groups is 1. The van der Waals surface area contributed by atoms with Gasteiger partial charge in [0.05, 0.1) is 29.8 Å². The van der Waals surface area contributed by atoms with Gasteiger partial charge in [-0.1, -0.05) is 30.3 Å². The molecule has 1 aliphatic rings. The fraction of sp³-hybridized carbons (Fsp3) is 0.100. The summed E-state index contributed by atoms with van der Waals surface area (Å²) in [7, 11) is 1.63. The Kier molecular flexibility index (Phi) is 7.15. The number of benzene rings is 3. The second-order valence-electron chi connectivity index (χ2n) is 8.67. The molecule has 0 saturated carbocycles. The maximum absolute atomic E-state index is 13.7. The molecule has 0 radical (unpaired) electrons. The number of nitrogens with zero attached hydrogens (tertiary/aromatic N) is 3. The van der Waals surface area contributed by atoms with Gasteiger partial charge in [-0.15, -0.1) is 0 Å². The van der Waals surface area contributed by atoms with Crippen LogP contribution in [-0.4, -0.2) is 38.7 Å². The number of thioether (sulfide) groups is 1. The second kappa shape index (κ2) is 10.8. The number of methoxy groups -OCH3 is 1. The number of ether oxygens (including phenoxy) is 1. The number of carbonyl (C=O) groups excluding carboxylic acids is 1. The van der Waals surface area contributed by atoms with Crippen molar-refractivity contribution in [2.24, 2.45) is 4.99 Å². The molecule has 0 bridgehead atoms. The summed E-state index contributed by atoms with van der Waals surface area (Å²) < 4.78 is 7.38. The number of amides is 1. The van der Waals surface area contributed by atoms with Crippen molar-refractivity contribution in [2.45, 2.75) is 13.5 Å². The van der Waals surface area contributed by atoms with Gasteiger partial charge >= 0.3 is 5.97 Å². The molecule has 1 N–H and O–H groups in total. The van der Waals surface area contributed by atoms with Crippen molar-refractivity contribution in [3.8, 4) is 11.4 Å². The van der Waals surface area contributed by atoms with Gasteiger partial charge in [-0.2, -0.15) is 0 Å². The molecule has 38 heavy (non-hydrogen) atoms. The number of aromatic nitrogens is 1. The van der Waals surface area contributed by atoms with Gasteiger partial charge in [0.2, 0.25) is 0 Å². The van der Waals surface area contributed by atoms with E-state index < -0.39 is 5.97 Å². The predicted octanol–water partition coefficient (Wildman–Crippen LogP) is 6.30. The van der Waals surface area contributed by atoms with Crippen molar-refractivity contribution in [3.63, 3.8) is 0 Å². The number of carboxylic acids is 1. The van der Waals surface area contributed by atoms with Crippen LogP contribution in [0.1, 0.15) is 27.3 Å². The van der Waals surface area contributed by atoms with Gasteiger partial charge < -0.3 is 14.4 Å². The van der Waals surface area contributed by atoms with E-state index in [0.717, 1.165) is 34.1 Å². The van der Waals surface area contributed by atoms with E-state index in [1.54, 1.807) is 36.3 Å². The molecular formula is C30H25N3O4S. The summed E-state index contributed by atoms with van der Waals surface area (Å²) >= 11 is 1.32. The van der Waals surface area contributed by atoms with Gasteiger partial charge in [0.1, 0.15) is 5.75 Å². The minimum atomic E-state index is -0.990. The van der Waals surface area contributed by atoms with E-state index in [1.165, 1.54) is 11.8 Å². The van der Waals surface area contributed by atoms with Crippen LogP contribution in [0.3, 0.4) is 0 Å². The van der Waals surface area contributed by atoms with E-state index in [4.69, 9.17) is 9.73 Å². The van der Waals surface area contributed by atoms with E-state index in [1.807, 2.05) is 79.7 Å². The zero-order valence-corrected chi connectivity index (χ0v) is 21.7. The molecular weight excluding hydrogens is 498 g/mol. The quantitative estimate of drug-likeness (QED) is 0.288. The van der Waals surface area contributed by atoms with E-state index in [0.29, 0.717) is 10.1 Å². The normalized spacial score (nSPS) is 15.4. The number of hydrogen-bond donors (Lipinski definition) is 1. The lowest BCUT2D eigenvalue weighted by atomic mass is 10.1. The second-order valence-corrected chi connectivity index (χ2v) is 9.68. The molecule has 1 aliphatic heterocycles. The van der Waals surface area contributed by atoms with E-state index in [-0.39, 0.29) is 18.0 Å². The fourth-order valence-electron chi connectivity index (χ4n) is 4.17. The zero-order valence-electron chi connectivity index (χ0n) is 20.9. The smallest absolute Gasteiger partial charge is 0.335 e. The molecule has 1 saturated heterocycles. The van der Waals surface area contributed by atoms with Crippen molar-refractivity contribution in [1.29, 1.82) is 0 Å². The molecule has 4 aromatic rings. The maximum atomic E-state index is 13.7. The number of carbonyl (C=O) groups is 2. The number of para-hydroxylation sites is 1. The van der Waals surface area contributed by atoms with E-state index in [9.17, 15) is 14.7 Å². The number of rotatable bonds is 7. The van der Waals surface area contributed by atoms with Crippen LogP contribution in [0.15, 0.2) is 101 Å². The molecule has 2 heterocycles. The van der Waals surface area contributed by atoms with Crippen LogP contribution in [0.5, 0.6) is 5.75 Å². The summed E-state index contributed by atoms with van der Waals surface area (Å²) in [5.74, 6) is -0.378. The van der Waals surface area contributed by atoms with Crippen molar-refractivity contribution in [2.75, 3.05) is 7.11 Å². The minimum absolute atomic E-state index is 0.160. The van der Waals surface area contributed by atoms with Crippen molar-refractivity contribution in [1.82, 2.24) is 9.47 Å². The Labute approximate surface area is 224 Å². The Hall–Kier alpha value is -4.56. The van der Waals surface area contributed by atoms with Crippen LogP contribution in [-0.2, 0) is 11.3 Å². The molecule has 7 nitrogen and oxygen atoms in total. The van der Waals surface area contributed by atoms with Gasteiger partial charge in [0, 0.05) is 17.1 Å². The Morgan fingerprint density at radius 3 is 2.34 bits per heavy atom. The topological polar surface area (TPSA) is 84.1 Å². The van der Waals surface area contributed by atoms with Gasteiger partial charge in [-0.25, -0.2) is 9.79 Å². The van der Waals surface area contributed by atoms with Crippen LogP contribution < -0.4 is 4.74 Å². The largest absolute Gasteiger partial charge is 0.497 e. The molecule has 0 unspecified atom stereocenters. The first-order chi connectivity index (χ1) is 18.4. The number of aromatic carboxylic acids is 1. The monoisotopic (exact) mass is 523 g/mol. The van der Waals surface area contributed by atoms with E-state index >= 15 is 0 Å². The third kappa shape index (κ3) is 5.26.